The van der Waals surface area contributed by atoms with Crippen LogP contribution < -0.4 is 10.0 Å². The van der Waals surface area contributed by atoms with E-state index < -0.39 is 0 Å². The van der Waals surface area contributed by atoms with Crippen LogP contribution in [0.4, 0.5) is 22.7 Å². The molecule has 8 aromatic carbocycles. The van der Waals surface area contributed by atoms with Crippen LogP contribution in [0.25, 0.3) is 54.2 Å². The summed E-state index contributed by atoms with van der Waals surface area (Å²) >= 11 is 1.72. The number of fused-ring (bicyclic) bond motifs is 1. The van der Waals surface area contributed by atoms with Crippen molar-refractivity contribution in [2.24, 2.45) is 0 Å². The number of para-hydroxylation sites is 1. The zero-order valence-electron chi connectivity index (χ0n) is 29.0. The Morgan fingerprint density at radius 2 is 0.585 bits per heavy atom. The summed E-state index contributed by atoms with van der Waals surface area (Å²) in [5, 5.41) is 5.64. The summed E-state index contributed by atoms with van der Waals surface area (Å²) in [6.45, 7) is 0. The summed E-state index contributed by atoms with van der Waals surface area (Å²) in [6, 6.07) is 75.3. The van der Waals surface area contributed by atoms with E-state index in [1.807, 2.05) is 6.07 Å². The molecule has 0 atom stereocenters. The van der Waals surface area contributed by atoms with Crippen LogP contribution in [0, 0.1) is 0 Å². The Labute approximate surface area is 314 Å². The van der Waals surface area contributed by atoms with Crippen molar-refractivity contribution in [1.29, 1.82) is 0 Å². The van der Waals surface area contributed by atoms with Gasteiger partial charge in [-0.15, -0.1) is 11.3 Å². The molecule has 3 nitrogen and oxygen atoms in total. The molecule has 1 heterocycles. The lowest BCUT2D eigenvalue weighted by Crippen LogP contribution is -2.35. The number of hydrazine groups is 1. The summed E-state index contributed by atoms with van der Waals surface area (Å²) in [5.41, 5.74) is 13.4. The van der Waals surface area contributed by atoms with E-state index >= 15 is 0 Å². The summed E-state index contributed by atoms with van der Waals surface area (Å²) in [4.78, 5) is 4.95. The van der Waals surface area contributed by atoms with E-state index in [0.29, 0.717) is 0 Å². The van der Waals surface area contributed by atoms with Crippen molar-refractivity contribution >= 4 is 44.3 Å². The van der Waals surface area contributed by atoms with Crippen LogP contribution in [0.5, 0.6) is 0 Å². The third-order valence-electron chi connectivity index (χ3n) is 9.51. The normalized spacial score (nSPS) is 11.0. The maximum atomic E-state index is 4.95. The fourth-order valence-corrected chi connectivity index (χ4v) is 7.75. The first-order valence-corrected chi connectivity index (χ1v) is 18.6. The lowest BCUT2D eigenvalue weighted by atomic mass is 10.0. The smallest absolute Gasteiger partial charge is 0.124 e. The average molecular weight is 698 g/mol. The molecule has 9 rings (SSSR count). The van der Waals surface area contributed by atoms with E-state index in [9.17, 15) is 0 Å². The fourth-order valence-electron chi connectivity index (χ4n) is 6.78. The second-order valence-corrected chi connectivity index (χ2v) is 13.9. The van der Waals surface area contributed by atoms with Crippen molar-refractivity contribution in [1.82, 2.24) is 4.98 Å². The quantitative estimate of drug-likeness (QED) is 0.140. The average Bonchev–Trinajstić information content (AvgIpc) is 3.69. The summed E-state index contributed by atoms with van der Waals surface area (Å²) < 4.78 is 1.19. The number of nitrogens with zero attached hydrogens (tertiary/aromatic N) is 3. The van der Waals surface area contributed by atoms with Gasteiger partial charge in [-0.3, -0.25) is 0 Å². The van der Waals surface area contributed by atoms with Gasteiger partial charge in [0.2, 0.25) is 0 Å². The molecule has 0 aliphatic carbocycles. The van der Waals surface area contributed by atoms with E-state index in [1.165, 1.54) is 38.1 Å². The topological polar surface area (TPSA) is 19.4 Å². The molecule has 0 aliphatic rings. The molecule has 0 saturated carbocycles. The van der Waals surface area contributed by atoms with Gasteiger partial charge in [0.05, 0.1) is 33.0 Å². The molecule has 0 bridgehead atoms. The number of thiazole rings is 1. The Hall–Kier alpha value is -6.75. The number of rotatable bonds is 9. The second kappa shape index (κ2) is 14.5. The third kappa shape index (κ3) is 6.72. The number of anilines is 4. The number of hydrogen-bond acceptors (Lipinski definition) is 4. The lowest BCUT2D eigenvalue weighted by molar-refractivity contribution is 0.990. The van der Waals surface area contributed by atoms with Crippen LogP contribution in [0.2, 0.25) is 0 Å². The van der Waals surface area contributed by atoms with Gasteiger partial charge in [0.25, 0.3) is 0 Å². The molecular formula is C49H35N3S. The zero-order chi connectivity index (χ0) is 35.4. The van der Waals surface area contributed by atoms with Gasteiger partial charge in [-0.2, -0.15) is 0 Å². The molecule has 9 aromatic rings. The molecule has 53 heavy (non-hydrogen) atoms. The predicted octanol–water partition coefficient (Wildman–Crippen LogP) is 13.9. The molecule has 4 heteroatoms. The SMILES string of the molecule is c1ccc(-c2ccc(N(c3ccc(-c4ccccc4)cc3)N(c3ccc(-c4ccccc4)cc3)c3ccc(-c4nc5ccccc5s4)cc3)cc2)cc1. The molecule has 0 amide bonds. The van der Waals surface area contributed by atoms with Crippen molar-refractivity contribution < 1.29 is 0 Å². The molecule has 1 aromatic heterocycles. The summed E-state index contributed by atoms with van der Waals surface area (Å²) in [6.07, 6.45) is 0. The molecule has 0 N–H and O–H groups in total. The number of hydrogen-bond donors (Lipinski definition) is 0. The molecule has 0 fully saturated rings. The molecular weight excluding hydrogens is 663 g/mol. The van der Waals surface area contributed by atoms with Crippen LogP contribution in [-0.4, -0.2) is 4.98 Å². The first-order chi connectivity index (χ1) is 26.3. The minimum atomic E-state index is 1.02. The van der Waals surface area contributed by atoms with E-state index in [2.05, 4.69) is 216 Å². The van der Waals surface area contributed by atoms with Gasteiger partial charge in [0.15, 0.2) is 0 Å². The van der Waals surface area contributed by atoms with Gasteiger partial charge in [0, 0.05) is 5.56 Å². The van der Waals surface area contributed by atoms with Gasteiger partial charge in [-0.1, -0.05) is 140 Å². The Morgan fingerprint density at radius 3 is 0.943 bits per heavy atom. The van der Waals surface area contributed by atoms with Crippen molar-refractivity contribution in [3.05, 3.63) is 212 Å². The maximum absolute atomic E-state index is 4.95. The first-order valence-electron chi connectivity index (χ1n) is 17.8. The van der Waals surface area contributed by atoms with E-state index in [4.69, 9.17) is 4.98 Å². The Bertz CT molecular complexity index is 2450. The first kappa shape index (κ1) is 32.2. The fraction of sp³-hybridized carbons (Fsp3) is 0. The summed E-state index contributed by atoms with van der Waals surface area (Å²) in [7, 11) is 0. The predicted molar refractivity (Wildman–Crippen MR) is 225 cm³/mol. The van der Waals surface area contributed by atoms with E-state index in [0.717, 1.165) is 38.8 Å². The molecule has 0 aliphatic heterocycles. The molecule has 252 valence electrons. The Balaban J connectivity index is 1.18. The standard InChI is InChI=1S/C49H35N3S/c1-4-12-36(13-5-1)39-20-28-43(29-21-39)51(44-30-22-40(23-31-44)37-14-6-2-7-15-37)52(45-32-24-41(25-33-45)38-16-8-3-9-17-38)46-34-26-42(27-35-46)49-50-47-18-10-11-19-48(47)53-49/h1-35H. The number of benzene rings is 8. The second-order valence-electron chi connectivity index (χ2n) is 12.9. The summed E-state index contributed by atoms with van der Waals surface area (Å²) in [5.74, 6) is 0. The van der Waals surface area contributed by atoms with Gasteiger partial charge in [0.1, 0.15) is 5.01 Å². The van der Waals surface area contributed by atoms with Crippen LogP contribution in [-0.2, 0) is 0 Å². The van der Waals surface area contributed by atoms with Crippen molar-refractivity contribution in [3.63, 3.8) is 0 Å². The monoisotopic (exact) mass is 697 g/mol. The van der Waals surface area contributed by atoms with Gasteiger partial charge in [-0.25, -0.2) is 15.0 Å². The minimum Gasteiger partial charge on any atom is -0.249 e. The van der Waals surface area contributed by atoms with Crippen molar-refractivity contribution in [3.8, 4) is 44.0 Å². The van der Waals surface area contributed by atoms with Gasteiger partial charge in [-0.05, 0) is 106 Å². The highest BCUT2D eigenvalue weighted by Crippen LogP contribution is 2.40. The van der Waals surface area contributed by atoms with Crippen LogP contribution in [0.15, 0.2) is 212 Å². The van der Waals surface area contributed by atoms with Gasteiger partial charge < -0.3 is 0 Å². The number of aromatic nitrogens is 1. The highest BCUT2D eigenvalue weighted by molar-refractivity contribution is 7.21. The van der Waals surface area contributed by atoms with Gasteiger partial charge >= 0.3 is 0 Å². The largest absolute Gasteiger partial charge is 0.249 e. The van der Waals surface area contributed by atoms with E-state index in [1.54, 1.807) is 11.3 Å². The van der Waals surface area contributed by atoms with Crippen molar-refractivity contribution in [2.75, 3.05) is 10.0 Å². The molecule has 0 radical (unpaired) electrons. The highest BCUT2D eigenvalue weighted by atomic mass is 32.1. The highest BCUT2D eigenvalue weighted by Gasteiger charge is 2.23. The maximum Gasteiger partial charge on any atom is 0.124 e. The Kier molecular flexibility index (Phi) is 8.79. The lowest BCUT2D eigenvalue weighted by Gasteiger charge is -2.38. The van der Waals surface area contributed by atoms with E-state index in [-0.39, 0.29) is 0 Å². The van der Waals surface area contributed by atoms with Crippen LogP contribution in [0.3, 0.4) is 0 Å². The van der Waals surface area contributed by atoms with Crippen LogP contribution >= 0.6 is 11.3 Å². The zero-order valence-corrected chi connectivity index (χ0v) is 29.8. The molecule has 0 unspecified atom stereocenters. The molecule has 0 spiro atoms. The molecule has 0 saturated heterocycles. The van der Waals surface area contributed by atoms with Crippen LogP contribution in [0.1, 0.15) is 0 Å². The third-order valence-corrected chi connectivity index (χ3v) is 10.6. The minimum absolute atomic E-state index is 1.02. The Morgan fingerprint density at radius 1 is 0.283 bits per heavy atom. The van der Waals surface area contributed by atoms with Crippen molar-refractivity contribution in [2.45, 2.75) is 0 Å².